The molecule has 0 N–H and O–H groups in total. The summed E-state index contributed by atoms with van der Waals surface area (Å²) < 4.78 is 4.79. The van der Waals surface area contributed by atoms with Crippen molar-refractivity contribution < 1.29 is 4.52 Å². The van der Waals surface area contributed by atoms with E-state index in [2.05, 4.69) is 17.4 Å². The summed E-state index contributed by atoms with van der Waals surface area (Å²) in [5.41, 5.74) is 0.758. The molecule has 1 aromatic heterocycles. The monoisotopic (exact) mass is 117 g/mol. The molecule has 2 aromatic rings. The molecule has 1 aromatic carbocycles. The van der Waals surface area contributed by atoms with E-state index < -0.39 is 0 Å². The topological polar surface area (TPSA) is 26.0 Å². The smallest absolute Gasteiger partial charge is 0.167 e. The van der Waals surface area contributed by atoms with Crippen molar-refractivity contribution in [2.45, 2.75) is 0 Å². The van der Waals surface area contributed by atoms with Crippen molar-refractivity contribution >= 4 is 11.0 Å². The number of benzene rings is 1. The van der Waals surface area contributed by atoms with Gasteiger partial charge in [-0.2, -0.15) is 0 Å². The van der Waals surface area contributed by atoms with Gasteiger partial charge in [-0.25, -0.2) is 0 Å². The van der Waals surface area contributed by atoms with Gasteiger partial charge < -0.3 is 4.52 Å². The van der Waals surface area contributed by atoms with Crippen LogP contribution in [0.3, 0.4) is 0 Å². The third kappa shape index (κ3) is 0.598. The number of aromatic nitrogens is 1. The van der Waals surface area contributed by atoms with Crippen molar-refractivity contribution in [1.82, 2.24) is 5.16 Å². The summed E-state index contributed by atoms with van der Waals surface area (Å²) in [7, 11) is 0. The number of hydrogen-bond acceptors (Lipinski definition) is 2. The van der Waals surface area contributed by atoms with Crippen molar-refractivity contribution in [2.24, 2.45) is 0 Å². The highest BCUT2D eigenvalue weighted by Gasteiger charge is 1.92. The van der Waals surface area contributed by atoms with Crippen LogP contribution in [0.2, 0.25) is 0 Å². The molecule has 0 aliphatic heterocycles. The zero-order chi connectivity index (χ0) is 6.10. The van der Waals surface area contributed by atoms with Crippen LogP contribution in [0.15, 0.2) is 22.7 Å². The Morgan fingerprint density at radius 2 is 2.56 bits per heavy atom. The molecule has 0 bridgehead atoms. The maximum absolute atomic E-state index is 4.79. The normalized spacial score (nSPS) is 10.2. The maximum Gasteiger partial charge on any atom is 0.167 e. The summed E-state index contributed by atoms with van der Waals surface area (Å²) in [6, 6.07) is 8.26. The average molecular weight is 117 g/mol. The van der Waals surface area contributed by atoms with Crippen molar-refractivity contribution in [3.8, 4) is 0 Å². The predicted molar refractivity (Wildman–Crippen MR) is 31.7 cm³/mol. The van der Waals surface area contributed by atoms with E-state index in [4.69, 9.17) is 4.52 Å². The molecule has 1 heterocycles. The molecule has 0 fully saturated rings. The van der Waals surface area contributed by atoms with Crippen LogP contribution in [0.1, 0.15) is 0 Å². The first-order valence-corrected chi connectivity index (χ1v) is 2.60. The molecule has 42 valence electrons. The SMILES string of the molecule is [c]1ccc2on[c]c2c1. The van der Waals surface area contributed by atoms with Gasteiger partial charge >= 0.3 is 0 Å². The summed E-state index contributed by atoms with van der Waals surface area (Å²) in [6.45, 7) is 0. The predicted octanol–water partition coefficient (Wildman–Crippen LogP) is 1.43. The Kier molecular flexibility index (Phi) is 0.803. The molecule has 0 saturated heterocycles. The van der Waals surface area contributed by atoms with Gasteiger partial charge in [0.1, 0.15) is 6.20 Å². The van der Waals surface area contributed by atoms with E-state index in [9.17, 15) is 0 Å². The second-order valence-electron chi connectivity index (χ2n) is 1.72. The van der Waals surface area contributed by atoms with E-state index in [1.165, 1.54) is 0 Å². The lowest BCUT2D eigenvalue weighted by Gasteiger charge is -1.77. The minimum atomic E-state index is 0.758. The maximum atomic E-state index is 4.79. The molecule has 2 heteroatoms. The molecule has 0 atom stereocenters. The first-order valence-electron chi connectivity index (χ1n) is 2.60. The fourth-order valence-electron chi connectivity index (χ4n) is 0.704. The quantitative estimate of drug-likeness (QED) is 0.521. The van der Waals surface area contributed by atoms with E-state index in [0.29, 0.717) is 0 Å². The summed E-state index contributed by atoms with van der Waals surface area (Å²) in [4.78, 5) is 0. The van der Waals surface area contributed by atoms with Gasteiger partial charge in [0.2, 0.25) is 0 Å². The largest absolute Gasteiger partial charge is 0.356 e. The van der Waals surface area contributed by atoms with Crippen molar-refractivity contribution in [3.63, 3.8) is 0 Å². The van der Waals surface area contributed by atoms with Crippen LogP contribution >= 0.6 is 0 Å². The van der Waals surface area contributed by atoms with Crippen molar-refractivity contribution in [3.05, 3.63) is 30.5 Å². The fourth-order valence-corrected chi connectivity index (χ4v) is 0.704. The van der Waals surface area contributed by atoms with Crippen LogP contribution in [-0.2, 0) is 0 Å². The van der Waals surface area contributed by atoms with Gasteiger partial charge in [-0.3, -0.25) is 0 Å². The van der Waals surface area contributed by atoms with Crippen LogP contribution in [0.25, 0.3) is 11.0 Å². The van der Waals surface area contributed by atoms with E-state index in [-0.39, 0.29) is 0 Å². The highest BCUT2D eigenvalue weighted by Crippen LogP contribution is 2.09. The Morgan fingerprint density at radius 1 is 1.56 bits per heavy atom. The van der Waals surface area contributed by atoms with E-state index >= 15 is 0 Å². The van der Waals surface area contributed by atoms with Crippen molar-refractivity contribution in [2.75, 3.05) is 0 Å². The molecule has 0 aliphatic rings. The summed E-state index contributed by atoms with van der Waals surface area (Å²) in [6.07, 6.45) is 2.67. The Labute approximate surface area is 52.1 Å². The molecular formula is C7H3NO. The second-order valence-corrected chi connectivity index (χ2v) is 1.72. The Morgan fingerprint density at radius 3 is 3.44 bits per heavy atom. The number of fused-ring (bicyclic) bond motifs is 1. The van der Waals surface area contributed by atoms with Crippen LogP contribution in [0.5, 0.6) is 0 Å². The van der Waals surface area contributed by atoms with Gasteiger partial charge in [-0.05, 0) is 18.2 Å². The van der Waals surface area contributed by atoms with Gasteiger partial charge in [-0.15, -0.1) is 0 Å². The molecule has 2 radical (unpaired) electrons. The summed E-state index contributed by atoms with van der Waals surface area (Å²) in [5, 5.41) is 4.35. The highest BCUT2D eigenvalue weighted by molar-refractivity contribution is 5.74. The molecule has 2 nitrogen and oxygen atoms in total. The first-order chi connectivity index (χ1) is 4.47. The number of rotatable bonds is 0. The fraction of sp³-hybridized carbons (Fsp3) is 0. The molecule has 2 rings (SSSR count). The molecular weight excluding hydrogens is 114 g/mol. The number of nitrogens with zero attached hydrogens (tertiary/aromatic N) is 1. The average Bonchev–Trinajstić information content (AvgIpc) is 2.33. The summed E-state index contributed by atoms with van der Waals surface area (Å²) >= 11 is 0. The van der Waals surface area contributed by atoms with Gasteiger partial charge in [0.25, 0.3) is 0 Å². The third-order valence-electron chi connectivity index (χ3n) is 1.13. The van der Waals surface area contributed by atoms with Crippen LogP contribution < -0.4 is 0 Å². The van der Waals surface area contributed by atoms with Crippen LogP contribution in [-0.4, -0.2) is 5.16 Å². The highest BCUT2D eigenvalue weighted by atomic mass is 16.5. The minimum Gasteiger partial charge on any atom is -0.356 e. The van der Waals surface area contributed by atoms with E-state index in [1.807, 2.05) is 0 Å². The lowest BCUT2D eigenvalue weighted by atomic mass is 10.3. The molecule has 0 amide bonds. The molecule has 0 spiro atoms. The summed E-state index contributed by atoms with van der Waals surface area (Å²) in [5.74, 6) is 0. The van der Waals surface area contributed by atoms with Gasteiger partial charge in [0, 0.05) is 0 Å². The Balaban J connectivity index is 2.95. The van der Waals surface area contributed by atoms with Crippen molar-refractivity contribution in [1.29, 1.82) is 0 Å². The first kappa shape index (κ1) is 4.56. The Hall–Kier alpha value is -1.31. The molecule has 0 aliphatic carbocycles. The van der Waals surface area contributed by atoms with Gasteiger partial charge in [-0.1, -0.05) is 11.2 Å². The van der Waals surface area contributed by atoms with E-state index in [1.54, 1.807) is 18.2 Å². The Bertz CT molecular complexity index is 283. The number of hydrogen-bond donors (Lipinski definition) is 0. The molecule has 9 heavy (non-hydrogen) atoms. The third-order valence-corrected chi connectivity index (χ3v) is 1.13. The minimum absolute atomic E-state index is 0.758. The lowest BCUT2D eigenvalue weighted by molar-refractivity contribution is 0.454. The molecule has 0 saturated carbocycles. The van der Waals surface area contributed by atoms with Crippen LogP contribution in [0, 0.1) is 12.3 Å². The van der Waals surface area contributed by atoms with Gasteiger partial charge in [0.15, 0.2) is 5.58 Å². The lowest BCUT2D eigenvalue weighted by Crippen LogP contribution is -1.58. The standard InChI is InChI=1S/C7H3NO/c1-2-4-7-6(3-1)5-8-9-7/h2-4H. The van der Waals surface area contributed by atoms with E-state index in [0.717, 1.165) is 11.0 Å². The van der Waals surface area contributed by atoms with Crippen LogP contribution in [0.4, 0.5) is 0 Å². The zero-order valence-electron chi connectivity index (χ0n) is 4.59. The zero-order valence-corrected chi connectivity index (χ0v) is 4.59. The second kappa shape index (κ2) is 1.58. The molecule has 0 unspecified atom stereocenters. The van der Waals surface area contributed by atoms with Gasteiger partial charge in [0.05, 0.1) is 5.39 Å².